The predicted octanol–water partition coefficient (Wildman–Crippen LogP) is 1.78. The molecule has 2 amide bonds. The van der Waals surface area contributed by atoms with Gasteiger partial charge in [-0.25, -0.2) is 4.79 Å². The molecule has 1 fully saturated rings. The van der Waals surface area contributed by atoms with Gasteiger partial charge in [-0.2, -0.15) is 25.3 Å². The summed E-state index contributed by atoms with van der Waals surface area (Å²) in [6.07, 6.45) is 3.39. The minimum atomic E-state index is -1.25. The number of nitrogens with zero attached hydrogens (tertiary/aromatic N) is 1. The normalized spacial score (nSPS) is 21.4. The van der Waals surface area contributed by atoms with E-state index in [4.69, 9.17) is 11.5 Å². The number of amides is 2. The Hall–Kier alpha value is -2.28. The van der Waals surface area contributed by atoms with Crippen LogP contribution in [0.3, 0.4) is 0 Å². The molecule has 0 radical (unpaired) electrons. The number of aliphatic carboxylic acids is 1. The molecule has 1 aromatic carbocycles. The number of hydrogen-bond acceptors (Lipinski definition) is 9. The maximum Gasteiger partial charge on any atom is 0.327 e. The van der Waals surface area contributed by atoms with Crippen molar-refractivity contribution in [2.75, 3.05) is 12.8 Å². The second-order valence-corrected chi connectivity index (χ2v) is 13.1. The van der Waals surface area contributed by atoms with Crippen molar-refractivity contribution in [2.45, 2.75) is 87.7 Å². The first-order chi connectivity index (χ1) is 18.5. The molecular weight excluding hydrogens is 552 g/mol. The number of thiol groups is 2. The molecular formula is C28H44N4O6S2. The predicted molar refractivity (Wildman–Crippen MR) is 160 cm³/mol. The molecule has 40 heavy (non-hydrogen) atoms. The number of phenolic OH excluding ortho intramolecular Hbond substituents is 1. The van der Waals surface area contributed by atoms with Gasteiger partial charge in [-0.15, -0.1) is 0 Å². The highest BCUT2D eigenvalue weighted by Gasteiger charge is 2.46. The summed E-state index contributed by atoms with van der Waals surface area (Å²) in [7, 11) is 1.55. The van der Waals surface area contributed by atoms with Crippen molar-refractivity contribution in [1.29, 1.82) is 0 Å². The first kappa shape index (κ1) is 33.9. The van der Waals surface area contributed by atoms with Gasteiger partial charge >= 0.3 is 5.97 Å². The third kappa shape index (κ3) is 8.37. The Balaban J connectivity index is 2.17. The SMILES string of the molecule is CN(C(=O)[C@@H](N)Cc1ccc(O)cc1)[C@](C)(CS)C(=O)C1CCCCC1C[C@H](N)C(=O)N[C@@H](C(=O)O)C(C)(C)S. The minimum Gasteiger partial charge on any atom is -0.508 e. The number of nitrogens with two attached hydrogens (primary N) is 2. The fourth-order valence-corrected chi connectivity index (χ4v) is 5.81. The van der Waals surface area contributed by atoms with Crippen LogP contribution in [0.25, 0.3) is 0 Å². The number of carbonyl (C=O) groups is 4. The molecule has 1 saturated carbocycles. The zero-order valence-electron chi connectivity index (χ0n) is 23.7. The van der Waals surface area contributed by atoms with Crippen molar-refractivity contribution in [1.82, 2.24) is 10.2 Å². The maximum atomic E-state index is 14.0. The molecule has 0 aromatic heterocycles. The molecule has 10 nitrogen and oxygen atoms in total. The molecule has 1 aliphatic rings. The first-order valence-electron chi connectivity index (χ1n) is 13.5. The van der Waals surface area contributed by atoms with E-state index < -0.39 is 52.1 Å². The Kier molecular flexibility index (Phi) is 11.9. The van der Waals surface area contributed by atoms with Gasteiger partial charge in [0.05, 0.1) is 12.1 Å². The van der Waals surface area contributed by atoms with Crippen LogP contribution in [0.2, 0.25) is 0 Å². The van der Waals surface area contributed by atoms with E-state index >= 15 is 0 Å². The summed E-state index contributed by atoms with van der Waals surface area (Å²) in [6.45, 7) is 4.85. The highest BCUT2D eigenvalue weighted by Crippen LogP contribution is 2.37. The van der Waals surface area contributed by atoms with Crippen molar-refractivity contribution in [2.24, 2.45) is 23.3 Å². The Morgan fingerprint density at radius 3 is 2.17 bits per heavy atom. The topological polar surface area (TPSA) is 176 Å². The molecule has 1 aromatic rings. The second kappa shape index (κ2) is 14.1. The summed E-state index contributed by atoms with van der Waals surface area (Å²) in [6, 6.07) is 3.26. The zero-order chi connectivity index (χ0) is 30.4. The van der Waals surface area contributed by atoms with Crippen molar-refractivity contribution in [3.63, 3.8) is 0 Å². The van der Waals surface area contributed by atoms with Crippen molar-refractivity contribution >= 4 is 48.8 Å². The Morgan fingerprint density at radius 2 is 1.65 bits per heavy atom. The highest BCUT2D eigenvalue weighted by atomic mass is 32.1. The lowest BCUT2D eigenvalue weighted by Gasteiger charge is -2.43. The smallest absolute Gasteiger partial charge is 0.327 e. The van der Waals surface area contributed by atoms with Gasteiger partial charge < -0.3 is 31.9 Å². The van der Waals surface area contributed by atoms with Gasteiger partial charge in [0, 0.05) is 23.5 Å². The number of phenols is 1. The van der Waals surface area contributed by atoms with E-state index in [1.54, 1.807) is 40.0 Å². The van der Waals surface area contributed by atoms with Gasteiger partial charge in [-0.3, -0.25) is 14.4 Å². The number of carboxylic acids is 1. The van der Waals surface area contributed by atoms with Gasteiger partial charge in [-0.1, -0.05) is 25.0 Å². The van der Waals surface area contributed by atoms with E-state index in [1.165, 1.54) is 17.0 Å². The molecule has 0 aliphatic heterocycles. The molecule has 2 rings (SSSR count). The van der Waals surface area contributed by atoms with Gasteiger partial charge in [0.25, 0.3) is 0 Å². The van der Waals surface area contributed by atoms with Crippen LogP contribution in [0.5, 0.6) is 5.75 Å². The van der Waals surface area contributed by atoms with Gasteiger partial charge in [-0.05, 0) is 70.1 Å². The standard InChI is InChI=1S/C28H44N4O6S2/c1-27(2,40)22(26(37)38)31-24(35)20(29)14-17-7-5-6-8-19(17)23(34)28(3,15-39)32(4)25(36)21(30)13-16-9-11-18(33)12-10-16/h9-12,17,19-22,33,39-40H,5-8,13-15,29-30H2,1-4H3,(H,31,35)(H,37,38)/t17?,19?,20-,21-,22-,28+/m0/s1. The summed E-state index contributed by atoms with van der Waals surface area (Å²) < 4.78 is -1.01. The fraction of sp³-hybridized carbons (Fsp3) is 0.643. The lowest BCUT2D eigenvalue weighted by molar-refractivity contribution is -0.147. The molecule has 0 bridgehead atoms. The number of aromatic hydroxyl groups is 1. The van der Waals surface area contributed by atoms with E-state index in [9.17, 15) is 29.4 Å². The van der Waals surface area contributed by atoms with Crippen molar-refractivity contribution < 1.29 is 29.4 Å². The summed E-state index contributed by atoms with van der Waals surface area (Å²) in [4.78, 5) is 53.2. The Bertz CT molecular complexity index is 1060. The van der Waals surface area contributed by atoms with Crippen LogP contribution in [-0.2, 0) is 25.6 Å². The van der Waals surface area contributed by atoms with E-state index in [0.29, 0.717) is 12.8 Å². The molecule has 0 spiro atoms. The van der Waals surface area contributed by atoms with Crippen LogP contribution in [0.4, 0.5) is 0 Å². The van der Waals surface area contributed by atoms with E-state index in [0.717, 1.165) is 18.4 Å². The van der Waals surface area contributed by atoms with E-state index in [1.807, 2.05) is 0 Å². The highest BCUT2D eigenvalue weighted by molar-refractivity contribution is 7.81. The Labute approximate surface area is 247 Å². The molecule has 224 valence electrons. The van der Waals surface area contributed by atoms with Crippen LogP contribution in [-0.4, -0.2) is 79.9 Å². The number of ketones is 1. The molecule has 1 aliphatic carbocycles. The van der Waals surface area contributed by atoms with Crippen LogP contribution >= 0.6 is 25.3 Å². The van der Waals surface area contributed by atoms with E-state index in [-0.39, 0.29) is 36.0 Å². The lowest BCUT2D eigenvalue weighted by atomic mass is 9.70. The molecule has 7 N–H and O–H groups in total. The summed E-state index contributed by atoms with van der Waals surface area (Å²) in [5.41, 5.74) is 12.0. The minimum absolute atomic E-state index is 0.0765. The summed E-state index contributed by atoms with van der Waals surface area (Å²) in [5, 5.41) is 21.5. The van der Waals surface area contributed by atoms with Crippen LogP contribution in [0, 0.1) is 11.8 Å². The molecule has 6 atom stereocenters. The number of rotatable bonds is 13. The van der Waals surface area contributed by atoms with Gasteiger partial charge in [0.2, 0.25) is 11.8 Å². The van der Waals surface area contributed by atoms with Gasteiger partial charge in [0.1, 0.15) is 17.3 Å². The Morgan fingerprint density at radius 1 is 1.07 bits per heavy atom. The fourth-order valence-electron chi connectivity index (χ4n) is 5.27. The van der Waals surface area contributed by atoms with Gasteiger partial charge in [0.15, 0.2) is 5.78 Å². The van der Waals surface area contributed by atoms with Crippen LogP contribution in [0.1, 0.15) is 58.4 Å². The second-order valence-electron chi connectivity index (χ2n) is 11.6. The third-order valence-electron chi connectivity index (χ3n) is 8.00. The average Bonchev–Trinajstić information content (AvgIpc) is 2.90. The number of benzene rings is 1. The molecule has 0 saturated heterocycles. The number of Topliss-reactive ketones (excluding diaryl/α,β-unsaturated/α-hetero) is 1. The molecule has 0 heterocycles. The first-order valence-corrected chi connectivity index (χ1v) is 14.6. The number of likely N-dealkylation sites (N-methyl/N-ethyl adjacent to an activating group) is 1. The number of carboxylic acid groups (broad SMARTS) is 1. The molecule has 2 unspecified atom stereocenters. The van der Waals surface area contributed by atoms with E-state index in [2.05, 4.69) is 30.6 Å². The quantitative estimate of drug-likeness (QED) is 0.169. The molecule has 12 heteroatoms. The van der Waals surface area contributed by atoms with Crippen molar-refractivity contribution in [3.05, 3.63) is 29.8 Å². The maximum absolute atomic E-state index is 14.0. The zero-order valence-corrected chi connectivity index (χ0v) is 25.5. The van der Waals surface area contributed by atoms with Crippen LogP contribution < -0.4 is 16.8 Å². The number of carbonyl (C=O) groups excluding carboxylic acids is 3. The lowest BCUT2D eigenvalue weighted by Crippen LogP contribution is -2.61. The number of hydrogen-bond donors (Lipinski definition) is 7. The van der Waals surface area contributed by atoms with Crippen molar-refractivity contribution in [3.8, 4) is 5.75 Å². The summed E-state index contributed by atoms with van der Waals surface area (Å²) in [5.74, 6) is -2.88. The summed E-state index contributed by atoms with van der Waals surface area (Å²) >= 11 is 8.74. The monoisotopic (exact) mass is 596 g/mol. The van der Waals surface area contributed by atoms with Crippen LogP contribution in [0.15, 0.2) is 24.3 Å². The average molecular weight is 597 g/mol. The largest absolute Gasteiger partial charge is 0.508 e. The number of nitrogens with one attached hydrogen (secondary N) is 1. The third-order valence-corrected chi connectivity index (χ3v) is 8.87.